The van der Waals surface area contributed by atoms with E-state index in [0.29, 0.717) is 11.5 Å². The Hall–Kier alpha value is -1.98. The van der Waals surface area contributed by atoms with Crippen LogP contribution in [0.2, 0.25) is 0 Å². The predicted molar refractivity (Wildman–Crippen MR) is 93.1 cm³/mol. The Kier molecular flexibility index (Phi) is 4.59. The topological polar surface area (TPSA) is 57.6 Å². The van der Waals surface area contributed by atoms with Crippen LogP contribution in [0.4, 0.5) is 0 Å². The van der Waals surface area contributed by atoms with E-state index in [1.165, 1.54) is 0 Å². The molecule has 3 aliphatic heterocycles. The summed E-state index contributed by atoms with van der Waals surface area (Å²) < 4.78 is 0. The number of nitrogens with one attached hydrogen (secondary N) is 1. The van der Waals surface area contributed by atoms with Gasteiger partial charge in [0, 0.05) is 24.0 Å². The molecule has 2 aromatic rings. The molecule has 0 unspecified atom stereocenters. The van der Waals surface area contributed by atoms with Gasteiger partial charge in [0.25, 0.3) is 5.91 Å². The third-order valence-corrected chi connectivity index (χ3v) is 4.64. The monoisotopic (exact) mass is 330 g/mol. The number of halogens is 1. The smallest absolute Gasteiger partial charge is 0.272 e. The number of hydrazone groups is 1. The van der Waals surface area contributed by atoms with Crippen molar-refractivity contribution >= 4 is 34.9 Å². The van der Waals surface area contributed by atoms with Gasteiger partial charge in [-0.2, -0.15) is 5.10 Å². The molecule has 0 atom stereocenters. The molecule has 0 saturated carbocycles. The summed E-state index contributed by atoms with van der Waals surface area (Å²) >= 11 is 0. The van der Waals surface area contributed by atoms with Crippen molar-refractivity contribution in [3.05, 3.63) is 42.1 Å². The quantitative estimate of drug-likeness (QED) is 0.861. The van der Waals surface area contributed by atoms with Gasteiger partial charge in [-0.15, -0.1) is 12.4 Å². The number of hydrogen-bond donors (Lipinski definition) is 1. The van der Waals surface area contributed by atoms with Crippen molar-refractivity contribution in [3.8, 4) is 0 Å². The highest BCUT2D eigenvalue weighted by atomic mass is 35.5. The van der Waals surface area contributed by atoms with Gasteiger partial charge in [0.1, 0.15) is 0 Å². The van der Waals surface area contributed by atoms with Crippen molar-refractivity contribution in [1.82, 2.24) is 15.3 Å². The van der Waals surface area contributed by atoms with Crippen LogP contribution in [0.25, 0.3) is 10.9 Å². The number of rotatable bonds is 2. The first-order valence-corrected chi connectivity index (χ1v) is 7.74. The maximum absolute atomic E-state index is 12.4. The van der Waals surface area contributed by atoms with Crippen LogP contribution in [0.1, 0.15) is 23.2 Å². The van der Waals surface area contributed by atoms with Crippen molar-refractivity contribution in [3.63, 3.8) is 0 Å². The minimum absolute atomic E-state index is 0. The van der Waals surface area contributed by atoms with E-state index in [2.05, 4.69) is 20.4 Å². The molecule has 120 valence electrons. The molecule has 3 saturated heterocycles. The van der Waals surface area contributed by atoms with E-state index in [-0.39, 0.29) is 18.3 Å². The Bertz CT molecular complexity index is 748. The fraction of sp³-hybridized carbons (Fsp3) is 0.353. The second-order valence-electron chi connectivity index (χ2n) is 5.97. The van der Waals surface area contributed by atoms with Crippen LogP contribution >= 0.6 is 12.4 Å². The number of aromatic nitrogens is 1. The first kappa shape index (κ1) is 15.9. The lowest BCUT2D eigenvalue weighted by Gasteiger charge is -2.39. The van der Waals surface area contributed by atoms with E-state index >= 15 is 0 Å². The normalized spacial score (nSPS) is 24.4. The summed E-state index contributed by atoms with van der Waals surface area (Å²) in [6.07, 6.45) is 3.98. The minimum atomic E-state index is -0.164. The lowest BCUT2D eigenvalue weighted by atomic mass is 9.87. The molecule has 0 radical (unpaired) electrons. The number of piperidine rings is 3. The molecule has 4 heterocycles. The fourth-order valence-corrected chi connectivity index (χ4v) is 3.39. The Labute approximate surface area is 141 Å². The minimum Gasteiger partial charge on any atom is -0.298 e. The second-order valence-corrected chi connectivity index (χ2v) is 5.97. The molecular formula is C17H19ClN4O. The van der Waals surface area contributed by atoms with E-state index in [4.69, 9.17) is 0 Å². The van der Waals surface area contributed by atoms with Crippen LogP contribution < -0.4 is 5.43 Å². The van der Waals surface area contributed by atoms with Gasteiger partial charge in [0.2, 0.25) is 0 Å². The first-order chi connectivity index (χ1) is 10.8. The summed E-state index contributed by atoms with van der Waals surface area (Å²) in [6.45, 7) is 3.21. The van der Waals surface area contributed by atoms with Gasteiger partial charge in [-0.3, -0.25) is 14.7 Å². The van der Waals surface area contributed by atoms with E-state index in [0.717, 1.165) is 49.1 Å². The summed E-state index contributed by atoms with van der Waals surface area (Å²) in [5.74, 6) is 0.377. The summed E-state index contributed by atoms with van der Waals surface area (Å²) in [6, 6.07) is 9.41. The zero-order valence-electron chi connectivity index (χ0n) is 12.7. The van der Waals surface area contributed by atoms with Crippen molar-refractivity contribution in [2.45, 2.75) is 12.8 Å². The third-order valence-electron chi connectivity index (χ3n) is 4.64. The van der Waals surface area contributed by atoms with Crippen molar-refractivity contribution in [1.29, 1.82) is 0 Å². The Morgan fingerprint density at radius 3 is 2.74 bits per heavy atom. The number of carbonyl (C=O) groups is 1. The van der Waals surface area contributed by atoms with Crippen LogP contribution in [-0.2, 0) is 0 Å². The Morgan fingerprint density at radius 2 is 2.00 bits per heavy atom. The Balaban J connectivity index is 0.00000156. The lowest BCUT2D eigenvalue weighted by Crippen LogP contribution is -2.48. The number of para-hydroxylation sites is 1. The Morgan fingerprint density at radius 1 is 1.22 bits per heavy atom. The predicted octanol–water partition coefficient (Wildman–Crippen LogP) is 2.47. The zero-order valence-corrected chi connectivity index (χ0v) is 13.6. The zero-order chi connectivity index (χ0) is 14.9. The average Bonchev–Trinajstić information content (AvgIpc) is 2.60. The molecule has 1 N–H and O–H groups in total. The summed E-state index contributed by atoms with van der Waals surface area (Å²) in [5.41, 5.74) is 5.30. The van der Waals surface area contributed by atoms with Gasteiger partial charge < -0.3 is 0 Å². The number of fused-ring (bicyclic) bond motifs is 4. The van der Waals surface area contributed by atoms with Gasteiger partial charge >= 0.3 is 0 Å². The number of carbonyl (C=O) groups excluding carboxylic acids is 1. The molecular weight excluding hydrogens is 312 g/mol. The number of benzene rings is 1. The van der Waals surface area contributed by atoms with Gasteiger partial charge in [-0.1, -0.05) is 18.2 Å². The largest absolute Gasteiger partial charge is 0.298 e. The van der Waals surface area contributed by atoms with Crippen LogP contribution in [0, 0.1) is 5.92 Å². The maximum Gasteiger partial charge on any atom is 0.272 e. The van der Waals surface area contributed by atoms with Crippen LogP contribution in [0.15, 0.2) is 41.6 Å². The molecule has 1 amide bonds. The molecule has 3 fully saturated rings. The molecule has 0 aliphatic carbocycles. The van der Waals surface area contributed by atoms with Crippen LogP contribution in [-0.4, -0.2) is 41.1 Å². The molecule has 6 heteroatoms. The molecule has 5 rings (SSSR count). The van der Waals surface area contributed by atoms with Gasteiger partial charge in [-0.05, 0) is 38.1 Å². The summed E-state index contributed by atoms with van der Waals surface area (Å²) in [5, 5.41) is 5.26. The SMILES string of the molecule is Cl.O=C(NN=C1CN2CCC1CC2)c1ccnc2ccccc12. The van der Waals surface area contributed by atoms with Gasteiger partial charge in [0.15, 0.2) is 0 Å². The van der Waals surface area contributed by atoms with Gasteiger partial charge in [-0.25, -0.2) is 5.43 Å². The lowest BCUT2D eigenvalue weighted by molar-refractivity contribution is 0.0955. The van der Waals surface area contributed by atoms with Crippen molar-refractivity contribution < 1.29 is 4.79 Å². The van der Waals surface area contributed by atoms with Crippen molar-refractivity contribution in [2.24, 2.45) is 11.0 Å². The van der Waals surface area contributed by atoms with Crippen LogP contribution in [0.3, 0.4) is 0 Å². The third kappa shape index (κ3) is 3.07. The van der Waals surface area contributed by atoms with E-state index < -0.39 is 0 Å². The first-order valence-electron chi connectivity index (χ1n) is 7.74. The standard InChI is InChI=1S/C17H18N4O.ClH/c22-17(14-5-8-18-15-4-2-1-3-13(14)15)20-19-16-11-21-9-6-12(16)7-10-21;/h1-5,8,12H,6-7,9-11H2,(H,20,22);1H. The van der Waals surface area contributed by atoms with E-state index in [1.807, 2.05) is 24.3 Å². The van der Waals surface area contributed by atoms with E-state index in [1.54, 1.807) is 12.3 Å². The molecule has 2 bridgehead atoms. The molecule has 23 heavy (non-hydrogen) atoms. The van der Waals surface area contributed by atoms with Crippen molar-refractivity contribution in [2.75, 3.05) is 19.6 Å². The van der Waals surface area contributed by atoms with Crippen LogP contribution in [0.5, 0.6) is 0 Å². The van der Waals surface area contributed by atoms with Gasteiger partial charge in [0.05, 0.1) is 16.8 Å². The number of amides is 1. The number of nitrogens with zero attached hydrogens (tertiary/aromatic N) is 3. The number of hydrogen-bond acceptors (Lipinski definition) is 4. The molecule has 1 aromatic carbocycles. The summed E-state index contributed by atoms with van der Waals surface area (Å²) in [7, 11) is 0. The second kappa shape index (κ2) is 6.64. The maximum atomic E-state index is 12.4. The number of pyridine rings is 1. The molecule has 1 aromatic heterocycles. The molecule has 3 aliphatic rings. The molecule has 0 spiro atoms. The summed E-state index contributed by atoms with van der Waals surface area (Å²) in [4.78, 5) is 19.1. The van der Waals surface area contributed by atoms with E-state index in [9.17, 15) is 4.79 Å². The fourth-order valence-electron chi connectivity index (χ4n) is 3.39. The average molecular weight is 331 g/mol. The highest BCUT2D eigenvalue weighted by molar-refractivity contribution is 6.06. The molecule has 5 nitrogen and oxygen atoms in total. The highest BCUT2D eigenvalue weighted by Gasteiger charge is 2.31. The highest BCUT2D eigenvalue weighted by Crippen LogP contribution is 2.25.